The van der Waals surface area contributed by atoms with Gasteiger partial charge in [-0.25, -0.2) is 0 Å². The van der Waals surface area contributed by atoms with Crippen molar-refractivity contribution in [1.29, 1.82) is 0 Å². The number of halogens is 2. The van der Waals surface area contributed by atoms with Crippen LogP contribution in [0.4, 0.5) is 14.5 Å². The number of hydrogen-bond acceptors (Lipinski definition) is 5. The number of aromatic nitrogens is 2. The second-order valence-electron chi connectivity index (χ2n) is 7.85. The first-order valence-corrected chi connectivity index (χ1v) is 11.7. The van der Waals surface area contributed by atoms with E-state index in [2.05, 4.69) is 39.1 Å². The number of carbonyl (C=O) groups excluding carboxylic acids is 1. The van der Waals surface area contributed by atoms with Crippen LogP contribution in [0.1, 0.15) is 48.2 Å². The Hall–Kier alpha value is -2.15. The molecule has 2 aromatic heterocycles. The van der Waals surface area contributed by atoms with Gasteiger partial charge in [-0.2, -0.15) is 0 Å². The Labute approximate surface area is 191 Å². The number of aliphatic hydroxyl groups is 1. The summed E-state index contributed by atoms with van der Waals surface area (Å²) in [4.78, 5) is 21.3. The summed E-state index contributed by atoms with van der Waals surface area (Å²) in [5, 5.41) is 13.1. The summed E-state index contributed by atoms with van der Waals surface area (Å²) < 4.78 is 28.8. The molecule has 0 spiro atoms. The monoisotopic (exact) mass is 503 g/mol. The standard InChI is InChI=1S/C22H20AsF2N3O2S/c1-11-7-12(9-13(29)8-11)14-5-6-26-10-17(14)27-21(30)19-20(23)31-22(28-19)18-15(24)3-2-4-16(18)25/h2-6,10-13,29H,7-9H2,1H3,(H,27,30)/t11-,12+,13-/m0/s1. The maximum atomic E-state index is 14.1. The number of carbonyl (C=O) groups is 1. The second-order valence-corrected chi connectivity index (χ2v) is 10.4. The molecular formula is C22H20AsF2N3O2S. The van der Waals surface area contributed by atoms with Crippen molar-refractivity contribution in [2.24, 2.45) is 5.92 Å². The Kier molecular flexibility index (Phi) is 6.51. The fourth-order valence-corrected chi connectivity index (χ4v) is 5.85. The first-order chi connectivity index (χ1) is 14.8. The third-order valence-electron chi connectivity index (χ3n) is 5.46. The second kappa shape index (κ2) is 9.15. The fourth-order valence-electron chi connectivity index (χ4n) is 4.14. The van der Waals surface area contributed by atoms with Gasteiger partial charge >= 0.3 is 192 Å². The topological polar surface area (TPSA) is 75.1 Å². The summed E-state index contributed by atoms with van der Waals surface area (Å²) in [6, 6.07) is 5.46. The van der Waals surface area contributed by atoms with Crippen molar-refractivity contribution < 1.29 is 18.7 Å². The number of nitrogens with one attached hydrogen (secondary N) is 1. The predicted octanol–water partition coefficient (Wildman–Crippen LogP) is 3.79. The summed E-state index contributed by atoms with van der Waals surface area (Å²) >= 11 is 3.26. The van der Waals surface area contributed by atoms with Crippen LogP contribution < -0.4 is 8.98 Å². The molecule has 9 heteroatoms. The van der Waals surface area contributed by atoms with E-state index in [9.17, 15) is 18.7 Å². The van der Waals surface area contributed by atoms with Crippen molar-refractivity contribution in [2.75, 3.05) is 5.32 Å². The molecule has 1 fully saturated rings. The summed E-state index contributed by atoms with van der Waals surface area (Å²) in [6.07, 6.45) is 5.18. The van der Waals surface area contributed by atoms with E-state index in [1.165, 1.54) is 6.07 Å². The molecule has 2 N–H and O–H groups in total. The van der Waals surface area contributed by atoms with Crippen molar-refractivity contribution >= 4 is 43.4 Å². The van der Waals surface area contributed by atoms with E-state index in [-0.39, 0.29) is 28.3 Å². The van der Waals surface area contributed by atoms with Crippen molar-refractivity contribution in [3.05, 3.63) is 59.6 Å². The van der Waals surface area contributed by atoms with Crippen LogP contribution in [0.3, 0.4) is 0 Å². The number of rotatable bonds is 4. The Bertz CT molecular complexity index is 1090. The van der Waals surface area contributed by atoms with Crippen LogP contribution in [-0.2, 0) is 0 Å². The van der Waals surface area contributed by atoms with Crippen molar-refractivity contribution in [1.82, 2.24) is 9.97 Å². The van der Waals surface area contributed by atoms with Gasteiger partial charge in [0.1, 0.15) is 0 Å². The molecule has 3 atom stereocenters. The van der Waals surface area contributed by atoms with Crippen LogP contribution in [-0.4, -0.2) is 43.9 Å². The van der Waals surface area contributed by atoms with E-state index in [0.717, 1.165) is 41.9 Å². The van der Waals surface area contributed by atoms with Crippen molar-refractivity contribution in [3.8, 4) is 10.6 Å². The zero-order chi connectivity index (χ0) is 22.1. The molecule has 1 amide bonds. The van der Waals surface area contributed by atoms with Crippen LogP contribution >= 0.6 is 11.3 Å². The van der Waals surface area contributed by atoms with E-state index >= 15 is 0 Å². The molecule has 2 heterocycles. The predicted molar refractivity (Wildman–Crippen MR) is 117 cm³/mol. The molecule has 2 radical (unpaired) electrons. The van der Waals surface area contributed by atoms with Crippen LogP contribution in [0.15, 0.2) is 36.7 Å². The molecule has 5 nitrogen and oxygen atoms in total. The number of benzene rings is 1. The molecule has 3 aromatic rings. The Balaban J connectivity index is 1.61. The quantitative estimate of drug-likeness (QED) is 0.532. The number of hydrogen-bond donors (Lipinski definition) is 2. The molecule has 1 aliphatic rings. The minimum absolute atomic E-state index is 0.0921. The first kappa shape index (κ1) is 22.1. The third-order valence-corrected chi connectivity index (χ3v) is 7.36. The maximum absolute atomic E-state index is 14.1. The molecule has 31 heavy (non-hydrogen) atoms. The van der Waals surface area contributed by atoms with Crippen LogP contribution in [0, 0.1) is 17.6 Å². The molecule has 0 aliphatic heterocycles. The number of aliphatic hydroxyl groups excluding tert-OH is 1. The normalized spacial score (nSPS) is 21.1. The van der Waals surface area contributed by atoms with Gasteiger partial charge in [-0.3, -0.25) is 0 Å². The molecule has 0 bridgehead atoms. The van der Waals surface area contributed by atoms with Crippen molar-refractivity contribution in [3.63, 3.8) is 0 Å². The van der Waals surface area contributed by atoms with Gasteiger partial charge in [0.05, 0.1) is 0 Å². The molecule has 1 saturated carbocycles. The number of thiazole rings is 1. The van der Waals surface area contributed by atoms with E-state index in [1.807, 2.05) is 6.07 Å². The molecule has 0 unspecified atom stereocenters. The molecule has 4 rings (SSSR count). The van der Waals surface area contributed by atoms with Gasteiger partial charge < -0.3 is 0 Å². The van der Waals surface area contributed by atoms with Crippen LogP contribution in [0.5, 0.6) is 0 Å². The number of nitrogens with zero attached hydrogens (tertiary/aromatic N) is 2. The summed E-state index contributed by atoms with van der Waals surface area (Å²) in [6.45, 7) is 2.11. The number of anilines is 1. The Morgan fingerprint density at radius 1 is 1.23 bits per heavy atom. The van der Waals surface area contributed by atoms with Gasteiger partial charge in [0.2, 0.25) is 0 Å². The molecule has 0 saturated heterocycles. The SMILES string of the molecule is C[C@@H]1C[C@H](O)C[C@H](c2ccncc2NC(=O)c2nc(-c3c(F)cccc3F)sc2[As])C1. The third kappa shape index (κ3) is 4.71. The van der Waals surface area contributed by atoms with Gasteiger partial charge in [-0.1, -0.05) is 0 Å². The summed E-state index contributed by atoms with van der Waals surface area (Å²) in [5.41, 5.74) is 1.31. The van der Waals surface area contributed by atoms with Gasteiger partial charge in [-0.15, -0.1) is 0 Å². The van der Waals surface area contributed by atoms with Gasteiger partial charge in [-0.05, 0) is 0 Å². The van der Waals surface area contributed by atoms with Gasteiger partial charge in [0.15, 0.2) is 0 Å². The molecule has 160 valence electrons. The number of amides is 1. The zero-order valence-corrected chi connectivity index (χ0v) is 19.4. The van der Waals surface area contributed by atoms with E-state index in [0.29, 0.717) is 21.7 Å². The summed E-state index contributed by atoms with van der Waals surface area (Å²) in [5.74, 6) is -1.46. The van der Waals surface area contributed by atoms with Gasteiger partial charge in [0, 0.05) is 0 Å². The molecule has 1 aliphatic carbocycles. The van der Waals surface area contributed by atoms with Gasteiger partial charge in [0.25, 0.3) is 0 Å². The van der Waals surface area contributed by atoms with Crippen LogP contribution in [0.25, 0.3) is 10.6 Å². The van der Waals surface area contributed by atoms with Crippen molar-refractivity contribution in [2.45, 2.75) is 38.2 Å². The van der Waals surface area contributed by atoms with E-state index in [4.69, 9.17) is 0 Å². The first-order valence-electron chi connectivity index (χ1n) is 9.91. The fraction of sp³-hybridized carbons (Fsp3) is 0.318. The molecule has 1 aromatic carbocycles. The Morgan fingerprint density at radius 3 is 2.68 bits per heavy atom. The van der Waals surface area contributed by atoms with Crippen LogP contribution in [0.2, 0.25) is 0 Å². The minimum atomic E-state index is -0.729. The zero-order valence-electron chi connectivity index (χ0n) is 16.7. The van der Waals surface area contributed by atoms with E-state index in [1.54, 1.807) is 12.4 Å². The van der Waals surface area contributed by atoms with E-state index < -0.39 is 17.5 Å². The average molecular weight is 503 g/mol. The average Bonchev–Trinajstić information content (AvgIpc) is 3.09. The molecular weight excluding hydrogens is 483 g/mol. The number of pyridine rings is 1. The summed E-state index contributed by atoms with van der Waals surface area (Å²) in [7, 11) is 0. The Morgan fingerprint density at radius 2 is 1.97 bits per heavy atom.